The van der Waals surface area contributed by atoms with Crippen molar-refractivity contribution in [2.75, 3.05) is 4.90 Å². The first kappa shape index (κ1) is 30.5. The Morgan fingerprint density at radius 3 is 1.68 bits per heavy atom. The SMILES string of the molecule is c1ccc(N2c3cc4c(cc3B3c5c(cccc52)Sc2cc5c6c(c23)Oc2ccccc2B6c2ccccc2O5)B2c3ccccc3Oc3cccc(c32)O4)cc1. The zero-order chi connectivity index (χ0) is 36.9. The van der Waals surface area contributed by atoms with Gasteiger partial charge in [0, 0.05) is 43.8 Å². The maximum absolute atomic E-state index is 7.20. The van der Waals surface area contributed by atoms with Crippen molar-refractivity contribution in [2.24, 2.45) is 0 Å². The smallest absolute Gasteiger partial charge is 0.260 e. The quantitative estimate of drug-likeness (QED) is 0.195. The van der Waals surface area contributed by atoms with E-state index in [4.69, 9.17) is 18.9 Å². The molecule has 6 aliphatic heterocycles. The van der Waals surface area contributed by atoms with E-state index in [9.17, 15) is 0 Å². The Kier molecular flexibility index (Phi) is 5.88. The topological polar surface area (TPSA) is 40.2 Å². The molecule has 0 aliphatic carbocycles. The molecule has 57 heavy (non-hydrogen) atoms. The van der Waals surface area contributed by atoms with Crippen molar-refractivity contribution in [2.45, 2.75) is 9.79 Å². The van der Waals surface area contributed by atoms with Crippen molar-refractivity contribution in [3.8, 4) is 46.0 Å². The van der Waals surface area contributed by atoms with Crippen molar-refractivity contribution in [1.29, 1.82) is 0 Å². The van der Waals surface area contributed by atoms with Crippen LogP contribution in [0.15, 0.2) is 168 Å². The molecule has 0 fully saturated rings. The normalized spacial score (nSPS) is 14.7. The number of hydrogen-bond acceptors (Lipinski definition) is 6. The van der Waals surface area contributed by atoms with Crippen molar-refractivity contribution in [3.63, 3.8) is 0 Å². The third-order valence-electron chi connectivity index (χ3n) is 12.6. The van der Waals surface area contributed by atoms with E-state index in [1.165, 1.54) is 21.3 Å². The summed E-state index contributed by atoms with van der Waals surface area (Å²) in [5, 5.41) is 0. The third-order valence-corrected chi connectivity index (χ3v) is 13.7. The molecule has 8 aromatic rings. The fourth-order valence-corrected chi connectivity index (χ4v) is 11.5. The Bertz CT molecular complexity index is 3110. The minimum atomic E-state index is -0.136. The van der Waals surface area contributed by atoms with Crippen LogP contribution in [-0.2, 0) is 0 Å². The van der Waals surface area contributed by atoms with Crippen molar-refractivity contribution in [1.82, 2.24) is 0 Å². The predicted octanol–water partition coefficient (Wildman–Crippen LogP) is 5.91. The number of ether oxygens (including phenoxy) is 4. The number of anilines is 3. The average molecular weight is 745 g/mol. The molecule has 0 amide bonds. The summed E-state index contributed by atoms with van der Waals surface area (Å²) in [6.07, 6.45) is 0. The molecule has 6 heterocycles. The molecular formula is C48H26B3NO4S. The number of hydrogen-bond donors (Lipinski definition) is 0. The molecule has 14 rings (SSSR count). The highest BCUT2D eigenvalue weighted by atomic mass is 32.2. The molecule has 0 aromatic heterocycles. The number of benzene rings is 8. The number of fused-ring (bicyclic) bond motifs is 13. The minimum absolute atomic E-state index is 0.0219. The summed E-state index contributed by atoms with van der Waals surface area (Å²) in [5.41, 5.74) is 13.8. The Balaban J connectivity index is 1.08. The fraction of sp³-hybridized carbons (Fsp3) is 0. The predicted molar refractivity (Wildman–Crippen MR) is 232 cm³/mol. The molecule has 262 valence electrons. The molecule has 9 heteroatoms. The second-order valence-corrected chi connectivity index (χ2v) is 16.5. The molecular weight excluding hydrogens is 719 g/mol. The van der Waals surface area contributed by atoms with Crippen LogP contribution in [-0.4, -0.2) is 20.1 Å². The lowest BCUT2D eigenvalue weighted by atomic mass is 9.30. The summed E-state index contributed by atoms with van der Waals surface area (Å²) in [7, 11) is 0. The molecule has 5 nitrogen and oxygen atoms in total. The summed E-state index contributed by atoms with van der Waals surface area (Å²) in [6.45, 7) is -0.220. The van der Waals surface area contributed by atoms with Gasteiger partial charge in [0.2, 0.25) is 0 Å². The van der Waals surface area contributed by atoms with Gasteiger partial charge in [0.1, 0.15) is 46.0 Å². The summed E-state index contributed by atoms with van der Waals surface area (Å²) >= 11 is 1.81. The summed E-state index contributed by atoms with van der Waals surface area (Å²) < 4.78 is 27.4. The van der Waals surface area contributed by atoms with Crippen molar-refractivity contribution < 1.29 is 18.9 Å². The second kappa shape index (κ2) is 11.0. The van der Waals surface area contributed by atoms with Gasteiger partial charge >= 0.3 is 0 Å². The van der Waals surface area contributed by atoms with E-state index in [2.05, 4.69) is 150 Å². The van der Waals surface area contributed by atoms with Crippen LogP contribution < -0.4 is 73.0 Å². The van der Waals surface area contributed by atoms with Crippen LogP contribution in [0.25, 0.3) is 0 Å². The van der Waals surface area contributed by atoms with Gasteiger partial charge in [0.15, 0.2) is 0 Å². The molecule has 0 saturated carbocycles. The Morgan fingerprint density at radius 1 is 0.351 bits per heavy atom. The van der Waals surface area contributed by atoms with Crippen molar-refractivity contribution in [3.05, 3.63) is 158 Å². The highest BCUT2D eigenvalue weighted by molar-refractivity contribution is 8.00. The molecule has 8 aromatic carbocycles. The first-order valence-electron chi connectivity index (χ1n) is 19.4. The zero-order valence-corrected chi connectivity index (χ0v) is 31.0. The highest BCUT2D eigenvalue weighted by Crippen LogP contribution is 2.46. The van der Waals surface area contributed by atoms with E-state index < -0.39 is 0 Å². The monoisotopic (exact) mass is 745 g/mol. The first-order valence-corrected chi connectivity index (χ1v) is 20.2. The molecule has 0 N–H and O–H groups in total. The molecule has 0 unspecified atom stereocenters. The number of rotatable bonds is 1. The Hall–Kier alpha value is -6.70. The molecule has 0 radical (unpaired) electrons. The van der Waals surface area contributed by atoms with Gasteiger partial charge in [0.25, 0.3) is 20.1 Å². The van der Waals surface area contributed by atoms with Gasteiger partial charge in [-0.25, -0.2) is 0 Å². The van der Waals surface area contributed by atoms with Gasteiger partial charge in [0.05, 0.1) is 0 Å². The number of para-hydroxylation sites is 4. The van der Waals surface area contributed by atoms with E-state index >= 15 is 0 Å². The minimum Gasteiger partial charge on any atom is -0.459 e. The van der Waals surface area contributed by atoms with E-state index in [0.29, 0.717) is 0 Å². The summed E-state index contributed by atoms with van der Waals surface area (Å²) in [6, 6.07) is 56.0. The van der Waals surface area contributed by atoms with Gasteiger partial charge in [-0.15, -0.1) is 0 Å². The van der Waals surface area contributed by atoms with Gasteiger partial charge < -0.3 is 23.8 Å². The Morgan fingerprint density at radius 2 is 0.947 bits per heavy atom. The first-order chi connectivity index (χ1) is 28.3. The molecule has 0 bridgehead atoms. The van der Waals surface area contributed by atoms with Gasteiger partial charge in [-0.1, -0.05) is 103 Å². The fourth-order valence-electron chi connectivity index (χ4n) is 10.3. The van der Waals surface area contributed by atoms with Gasteiger partial charge in [-0.2, -0.15) is 0 Å². The maximum Gasteiger partial charge on any atom is 0.260 e. The van der Waals surface area contributed by atoms with Gasteiger partial charge in [-0.3, -0.25) is 0 Å². The maximum atomic E-state index is 7.20. The van der Waals surface area contributed by atoms with Crippen LogP contribution in [0.4, 0.5) is 17.1 Å². The van der Waals surface area contributed by atoms with Crippen LogP contribution in [0, 0.1) is 0 Å². The lowest BCUT2D eigenvalue weighted by Gasteiger charge is -2.43. The van der Waals surface area contributed by atoms with E-state index in [0.717, 1.165) is 101 Å². The van der Waals surface area contributed by atoms with Crippen LogP contribution >= 0.6 is 11.8 Å². The lowest BCUT2D eigenvalue weighted by Crippen LogP contribution is -2.65. The standard InChI is InChI=1S/C48H26B3NO4S/c1-2-12-27(13-3-1)52-33-17-10-23-42-44(33)51(31-24-32-40(25-34(31)52)55-39-22-11-21-38-45(39)50(32)29-15-5-7-18-35(29)53-38)47-43(57-42)26-41-46-48(47)56-37-20-9-6-16-30(37)49(46)28-14-4-8-19-36(28)54-41/h1-26H. The van der Waals surface area contributed by atoms with Gasteiger partial charge in [-0.05, 0) is 98.9 Å². The van der Waals surface area contributed by atoms with Crippen LogP contribution in [0.1, 0.15) is 0 Å². The van der Waals surface area contributed by atoms with Crippen LogP contribution in [0.3, 0.4) is 0 Å². The third kappa shape index (κ3) is 3.99. The average Bonchev–Trinajstić information content (AvgIpc) is 3.25. The lowest BCUT2D eigenvalue weighted by molar-refractivity contribution is 0.464. The van der Waals surface area contributed by atoms with Crippen molar-refractivity contribution >= 4 is 98.1 Å². The largest absolute Gasteiger partial charge is 0.459 e. The van der Waals surface area contributed by atoms with E-state index in [1.54, 1.807) is 0 Å². The van der Waals surface area contributed by atoms with Crippen LogP contribution in [0.5, 0.6) is 46.0 Å². The van der Waals surface area contributed by atoms with Crippen LogP contribution in [0.2, 0.25) is 0 Å². The number of nitrogens with zero attached hydrogens (tertiary/aromatic N) is 1. The molecule has 0 atom stereocenters. The van der Waals surface area contributed by atoms with E-state index in [-0.39, 0.29) is 20.1 Å². The molecule has 6 aliphatic rings. The van der Waals surface area contributed by atoms with E-state index in [1.807, 2.05) is 23.9 Å². The second-order valence-electron chi connectivity index (χ2n) is 15.4. The summed E-state index contributed by atoms with van der Waals surface area (Å²) in [5.74, 6) is 6.95. The Labute approximate surface area is 334 Å². The zero-order valence-electron chi connectivity index (χ0n) is 30.2. The molecule has 0 saturated heterocycles. The highest BCUT2D eigenvalue weighted by Gasteiger charge is 2.49. The molecule has 0 spiro atoms. The summed E-state index contributed by atoms with van der Waals surface area (Å²) in [4.78, 5) is 4.80.